The van der Waals surface area contributed by atoms with Crippen molar-refractivity contribution in [2.24, 2.45) is 0 Å². The lowest BCUT2D eigenvalue weighted by Crippen LogP contribution is -2.08. The molecule has 0 fully saturated rings. The van der Waals surface area contributed by atoms with Crippen molar-refractivity contribution in [1.82, 2.24) is 14.6 Å². The third-order valence-corrected chi connectivity index (χ3v) is 1.52. The van der Waals surface area contributed by atoms with E-state index in [2.05, 4.69) is 15.4 Å². The second-order valence-corrected chi connectivity index (χ2v) is 2.50. The first-order chi connectivity index (χ1) is 6.34. The second-order valence-electron chi connectivity index (χ2n) is 2.50. The van der Waals surface area contributed by atoms with Crippen molar-refractivity contribution < 1.29 is 0 Å². The zero-order chi connectivity index (χ0) is 9.10. The van der Waals surface area contributed by atoms with Crippen LogP contribution in [0.15, 0.2) is 36.8 Å². The van der Waals surface area contributed by atoms with Crippen LogP contribution in [-0.2, 0) is 0 Å². The summed E-state index contributed by atoms with van der Waals surface area (Å²) < 4.78 is 1.78. The van der Waals surface area contributed by atoms with Gasteiger partial charge in [-0.2, -0.15) is 4.98 Å². The highest BCUT2D eigenvalue weighted by Crippen LogP contribution is 2.02. The molecule has 66 valence electrons. The standard InChI is InChI=1S/C8H9N5/c9-8-10-4-3-7(11-8)12-13-5-1-2-6-13/h1-6H,(H3,9,10,11,12). The van der Waals surface area contributed by atoms with Gasteiger partial charge in [0, 0.05) is 24.7 Å². The van der Waals surface area contributed by atoms with Gasteiger partial charge in [0.1, 0.15) is 5.82 Å². The van der Waals surface area contributed by atoms with E-state index in [1.54, 1.807) is 16.9 Å². The zero-order valence-electron chi connectivity index (χ0n) is 6.88. The lowest BCUT2D eigenvalue weighted by atomic mass is 10.6. The van der Waals surface area contributed by atoms with Gasteiger partial charge < -0.3 is 5.73 Å². The fourth-order valence-corrected chi connectivity index (χ4v) is 0.977. The SMILES string of the molecule is Nc1nccc(Nn2cccc2)n1. The van der Waals surface area contributed by atoms with Crippen molar-refractivity contribution in [3.05, 3.63) is 36.8 Å². The Balaban J connectivity index is 2.19. The molecule has 0 aliphatic heterocycles. The van der Waals surface area contributed by atoms with Crippen molar-refractivity contribution in [1.29, 1.82) is 0 Å². The maximum Gasteiger partial charge on any atom is 0.221 e. The molecule has 0 radical (unpaired) electrons. The van der Waals surface area contributed by atoms with Gasteiger partial charge in [-0.1, -0.05) is 0 Å². The topological polar surface area (TPSA) is 68.8 Å². The van der Waals surface area contributed by atoms with Crippen LogP contribution in [0.5, 0.6) is 0 Å². The smallest absolute Gasteiger partial charge is 0.221 e. The van der Waals surface area contributed by atoms with Crippen LogP contribution in [0, 0.1) is 0 Å². The summed E-state index contributed by atoms with van der Waals surface area (Å²) in [4.78, 5) is 7.77. The van der Waals surface area contributed by atoms with Crippen molar-refractivity contribution in [3.8, 4) is 0 Å². The Labute approximate surface area is 75.2 Å². The number of nitrogens with two attached hydrogens (primary N) is 1. The van der Waals surface area contributed by atoms with Gasteiger partial charge in [0.2, 0.25) is 5.95 Å². The average Bonchev–Trinajstić information content (AvgIpc) is 2.57. The van der Waals surface area contributed by atoms with Gasteiger partial charge in [-0.25, -0.2) is 4.98 Å². The average molecular weight is 175 g/mol. The van der Waals surface area contributed by atoms with E-state index in [1.807, 2.05) is 24.5 Å². The Morgan fingerprint density at radius 2 is 2.08 bits per heavy atom. The summed E-state index contributed by atoms with van der Waals surface area (Å²) >= 11 is 0. The van der Waals surface area contributed by atoms with Crippen LogP contribution in [0.2, 0.25) is 0 Å². The van der Waals surface area contributed by atoms with E-state index in [0.717, 1.165) is 0 Å². The van der Waals surface area contributed by atoms with Crippen LogP contribution in [0.25, 0.3) is 0 Å². The zero-order valence-corrected chi connectivity index (χ0v) is 6.88. The lowest BCUT2D eigenvalue weighted by molar-refractivity contribution is 0.949. The van der Waals surface area contributed by atoms with Crippen molar-refractivity contribution in [2.45, 2.75) is 0 Å². The quantitative estimate of drug-likeness (QED) is 0.706. The molecular weight excluding hydrogens is 166 g/mol. The molecule has 2 aromatic rings. The van der Waals surface area contributed by atoms with Crippen LogP contribution in [-0.4, -0.2) is 14.6 Å². The van der Waals surface area contributed by atoms with E-state index in [4.69, 9.17) is 5.73 Å². The summed E-state index contributed by atoms with van der Waals surface area (Å²) in [7, 11) is 0. The Morgan fingerprint density at radius 3 is 2.77 bits per heavy atom. The number of nitrogen functional groups attached to an aromatic ring is 1. The molecule has 0 spiro atoms. The predicted octanol–water partition coefficient (Wildman–Crippen LogP) is 0.736. The van der Waals surface area contributed by atoms with Crippen LogP contribution in [0.4, 0.5) is 11.8 Å². The van der Waals surface area contributed by atoms with Crippen molar-refractivity contribution in [2.75, 3.05) is 11.2 Å². The molecule has 2 aromatic heterocycles. The number of hydrogen-bond donors (Lipinski definition) is 2. The minimum Gasteiger partial charge on any atom is -0.368 e. The Kier molecular flexibility index (Phi) is 1.84. The summed E-state index contributed by atoms with van der Waals surface area (Å²) in [5.41, 5.74) is 8.43. The van der Waals surface area contributed by atoms with Gasteiger partial charge in [0.15, 0.2) is 0 Å². The van der Waals surface area contributed by atoms with Crippen LogP contribution >= 0.6 is 0 Å². The number of nitrogens with zero attached hydrogens (tertiary/aromatic N) is 3. The van der Waals surface area contributed by atoms with E-state index < -0.39 is 0 Å². The molecule has 0 aromatic carbocycles. The molecule has 5 nitrogen and oxygen atoms in total. The first kappa shape index (κ1) is 7.60. The molecule has 3 N–H and O–H groups in total. The van der Waals surface area contributed by atoms with Crippen LogP contribution in [0.3, 0.4) is 0 Å². The fraction of sp³-hybridized carbons (Fsp3) is 0. The molecule has 0 unspecified atom stereocenters. The van der Waals surface area contributed by atoms with E-state index in [9.17, 15) is 0 Å². The highest BCUT2D eigenvalue weighted by atomic mass is 15.4. The predicted molar refractivity (Wildman–Crippen MR) is 49.9 cm³/mol. The molecule has 2 heterocycles. The third-order valence-electron chi connectivity index (χ3n) is 1.52. The summed E-state index contributed by atoms with van der Waals surface area (Å²) in [6.45, 7) is 0. The van der Waals surface area contributed by atoms with Crippen LogP contribution in [0.1, 0.15) is 0 Å². The van der Waals surface area contributed by atoms with E-state index in [1.165, 1.54) is 0 Å². The van der Waals surface area contributed by atoms with E-state index in [-0.39, 0.29) is 5.95 Å². The lowest BCUT2D eigenvalue weighted by Gasteiger charge is -2.05. The number of rotatable bonds is 2. The second kappa shape index (κ2) is 3.14. The molecule has 0 saturated heterocycles. The van der Waals surface area contributed by atoms with Gasteiger partial charge >= 0.3 is 0 Å². The number of nitrogens with one attached hydrogen (secondary N) is 1. The highest BCUT2D eigenvalue weighted by Gasteiger charge is 1.93. The largest absolute Gasteiger partial charge is 0.368 e. The summed E-state index contributed by atoms with van der Waals surface area (Å²) in [5, 5.41) is 0. The minimum atomic E-state index is 0.261. The number of hydrogen-bond acceptors (Lipinski definition) is 4. The number of anilines is 2. The summed E-state index contributed by atoms with van der Waals surface area (Å²) in [6, 6.07) is 5.57. The van der Waals surface area contributed by atoms with Gasteiger partial charge in [-0.3, -0.25) is 10.1 Å². The fourth-order valence-electron chi connectivity index (χ4n) is 0.977. The number of aromatic nitrogens is 3. The van der Waals surface area contributed by atoms with Gasteiger partial charge in [0.25, 0.3) is 0 Å². The van der Waals surface area contributed by atoms with Gasteiger partial charge in [-0.05, 0) is 12.1 Å². The van der Waals surface area contributed by atoms with Gasteiger partial charge in [-0.15, -0.1) is 0 Å². The molecule has 2 rings (SSSR count). The molecule has 5 heteroatoms. The van der Waals surface area contributed by atoms with Gasteiger partial charge in [0.05, 0.1) is 0 Å². The molecular formula is C8H9N5. The highest BCUT2D eigenvalue weighted by molar-refractivity contribution is 5.36. The van der Waals surface area contributed by atoms with E-state index in [0.29, 0.717) is 5.82 Å². The molecule has 0 saturated carbocycles. The first-order valence-electron chi connectivity index (χ1n) is 3.83. The summed E-state index contributed by atoms with van der Waals surface area (Å²) in [6.07, 6.45) is 5.35. The molecule has 0 aliphatic carbocycles. The van der Waals surface area contributed by atoms with Crippen molar-refractivity contribution >= 4 is 11.8 Å². The first-order valence-corrected chi connectivity index (χ1v) is 3.83. The summed E-state index contributed by atoms with van der Waals surface area (Å²) in [5.74, 6) is 0.931. The Bertz CT molecular complexity index is 381. The Hall–Kier alpha value is -2.04. The molecule has 0 atom stereocenters. The molecule has 0 bridgehead atoms. The molecule has 13 heavy (non-hydrogen) atoms. The monoisotopic (exact) mass is 175 g/mol. The molecule has 0 aliphatic rings. The maximum absolute atomic E-state index is 5.42. The van der Waals surface area contributed by atoms with Crippen molar-refractivity contribution in [3.63, 3.8) is 0 Å². The minimum absolute atomic E-state index is 0.261. The van der Waals surface area contributed by atoms with Crippen LogP contribution < -0.4 is 11.2 Å². The maximum atomic E-state index is 5.42. The third kappa shape index (κ3) is 1.76. The molecule has 0 amide bonds. The normalized spacial score (nSPS) is 9.85. The van der Waals surface area contributed by atoms with E-state index >= 15 is 0 Å². The Morgan fingerprint density at radius 1 is 1.31 bits per heavy atom.